The van der Waals surface area contributed by atoms with Crippen LogP contribution in [0, 0.1) is 0 Å². The first kappa shape index (κ1) is 9.04. The molecule has 0 amide bonds. The van der Waals surface area contributed by atoms with Crippen LogP contribution in [0.15, 0.2) is 33.9 Å². The van der Waals surface area contributed by atoms with E-state index in [1.54, 1.807) is 9.36 Å². The Hall–Kier alpha value is -2.04. The van der Waals surface area contributed by atoms with E-state index in [9.17, 15) is 9.59 Å². The average molecular weight is 229 g/mol. The molecule has 0 saturated heterocycles. The van der Waals surface area contributed by atoms with Gasteiger partial charge in [-0.05, 0) is 24.5 Å². The van der Waals surface area contributed by atoms with E-state index in [2.05, 4.69) is 11.1 Å². The Kier molecular flexibility index (Phi) is 1.30. The second-order valence-electron chi connectivity index (χ2n) is 4.92. The van der Waals surface area contributed by atoms with Crippen LogP contribution in [0.2, 0.25) is 0 Å². The first-order chi connectivity index (χ1) is 8.14. The van der Waals surface area contributed by atoms with Gasteiger partial charge in [0, 0.05) is 0 Å². The van der Waals surface area contributed by atoms with Crippen molar-refractivity contribution in [1.82, 2.24) is 14.3 Å². The number of aromatic nitrogens is 3. The number of aromatic amines is 1. The summed E-state index contributed by atoms with van der Waals surface area (Å²) in [6.45, 7) is 2.03. The van der Waals surface area contributed by atoms with Gasteiger partial charge in [0.05, 0.1) is 6.04 Å². The lowest BCUT2D eigenvalue weighted by Gasteiger charge is -2.44. The second-order valence-corrected chi connectivity index (χ2v) is 4.92. The van der Waals surface area contributed by atoms with E-state index < -0.39 is 0 Å². The molecule has 2 aliphatic rings. The fourth-order valence-electron chi connectivity index (χ4n) is 3.41. The largest absolute Gasteiger partial charge is 0.345 e. The second kappa shape index (κ2) is 2.45. The van der Waals surface area contributed by atoms with Crippen LogP contribution < -0.4 is 11.4 Å². The number of hydrogen-bond donors (Lipinski definition) is 1. The van der Waals surface area contributed by atoms with Gasteiger partial charge in [0.15, 0.2) is 0 Å². The van der Waals surface area contributed by atoms with Gasteiger partial charge in [0.25, 0.3) is 0 Å². The van der Waals surface area contributed by atoms with Crippen LogP contribution in [0.25, 0.3) is 0 Å². The van der Waals surface area contributed by atoms with Gasteiger partial charge in [-0.2, -0.15) is 0 Å². The van der Waals surface area contributed by atoms with Gasteiger partial charge in [-0.25, -0.2) is 19.0 Å². The van der Waals surface area contributed by atoms with Crippen LogP contribution in [0.1, 0.15) is 24.1 Å². The molecule has 0 bridgehead atoms. The highest BCUT2D eigenvalue weighted by Crippen LogP contribution is 2.50. The Bertz CT molecular complexity index is 752. The number of nitrogens with zero attached hydrogens (tertiary/aromatic N) is 2. The Balaban J connectivity index is 2.10. The van der Waals surface area contributed by atoms with Gasteiger partial charge in [-0.1, -0.05) is 24.3 Å². The highest BCUT2D eigenvalue weighted by molar-refractivity contribution is 5.43. The number of rotatable bonds is 0. The summed E-state index contributed by atoms with van der Waals surface area (Å²) < 4.78 is 3.09. The molecule has 5 nitrogen and oxygen atoms in total. The molecule has 0 saturated carbocycles. The number of H-pyrrole nitrogens is 1. The molecule has 1 N–H and O–H groups in total. The predicted molar refractivity (Wildman–Crippen MR) is 61.2 cm³/mol. The Labute approximate surface area is 96.3 Å². The zero-order valence-corrected chi connectivity index (χ0v) is 9.30. The van der Waals surface area contributed by atoms with Crippen molar-refractivity contribution < 1.29 is 0 Å². The highest BCUT2D eigenvalue weighted by atomic mass is 16.2. The van der Waals surface area contributed by atoms with Crippen LogP contribution in [0.4, 0.5) is 0 Å². The summed E-state index contributed by atoms with van der Waals surface area (Å²) in [4.78, 5) is 25.7. The zero-order chi connectivity index (χ0) is 11.8. The van der Waals surface area contributed by atoms with Gasteiger partial charge in [0.1, 0.15) is 5.54 Å². The minimum atomic E-state index is -0.354. The summed E-state index contributed by atoms with van der Waals surface area (Å²) in [5.74, 6) is 0. The van der Waals surface area contributed by atoms with E-state index in [0.717, 1.165) is 12.0 Å². The summed E-state index contributed by atoms with van der Waals surface area (Å²) in [6, 6.07) is 8.16. The zero-order valence-electron chi connectivity index (χ0n) is 9.30. The monoisotopic (exact) mass is 229 g/mol. The van der Waals surface area contributed by atoms with E-state index in [-0.39, 0.29) is 23.0 Å². The SMILES string of the molecule is C[C@@]12c3ccccc3C[C@@H]1n1c(=O)[nH]c(=O)n12. The molecule has 0 spiro atoms. The maximum Gasteiger partial charge on any atom is 0.345 e. The van der Waals surface area contributed by atoms with E-state index in [4.69, 9.17) is 0 Å². The van der Waals surface area contributed by atoms with Crippen molar-refractivity contribution >= 4 is 0 Å². The summed E-state index contributed by atoms with van der Waals surface area (Å²) in [5.41, 5.74) is 1.42. The van der Waals surface area contributed by atoms with Crippen LogP contribution in [-0.2, 0) is 12.0 Å². The van der Waals surface area contributed by atoms with E-state index in [1.807, 2.05) is 25.1 Å². The molecule has 5 heteroatoms. The Morgan fingerprint density at radius 3 is 2.88 bits per heavy atom. The molecule has 2 aromatic rings. The molecule has 0 unspecified atom stereocenters. The maximum atomic E-state index is 11.8. The normalized spacial score (nSPS) is 28.2. The summed E-state index contributed by atoms with van der Waals surface area (Å²) in [5, 5.41) is 0. The standard InChI is InChI=1S/C12H11N3O2/c1-12-8-5-3-2-4-7(8)6-9(12)14-10(16)13-11(17)15(12)14/h2-5,9H,6H2,1H3,(H,13,16,17)/t9-,12+/m0/s1. The molecule has 0 radical (unpaired) electrons. The first-order valence-corrected chi connectivity index (χ1v) is 5.67. The molecule has 1 aromatic carbocycles. The molecule has 86 valence electrons. The molecule has 2 atom stereocenters. The number of benzene rings is 1. The van der Waals surface area contributed by atoms with Crippen molar-refractivity contribution in [3.05, 3.63) is 56.4 Å². The van der Waals surface area contributed by atoms with Gasteiger partial charge in [0.2, 0.25) is 0 Å². The molecule has 0 fully saturated rings. The molecule has 2 heterocycles. The maximum absolute atomic E-state index is 11.8. The number of nitrogens with one attached hydrogen (secondary N) is 1. The topological polar surface area (TPSA) is 59.8 Å². The van der Waals surface area contributed by atoms with E-state index in [0.29, 0.717) is 0 Å². The third-order valence-electron chi connectivity index (χ3n) is 4.19. The average Bonchev–Trinajstić information content (AvgIpc) is 2.69. The molecule has 1 aliphatic heterocycles. The van der Waals surface area contributed by atoms with E-state index in [1.165, 1.54) is 5.56 Å². The van der Waals surface area contributed by atoms with Gasteiger partial charge in [-0.3, -0.25) is 4.98 Å². The van der Waals surface area contributed by atoms with E-state index >= 15 is 0 Å². The molecule has 4 rings (SSSR count). The number of fused-ring (bicyclic) bond motifs is 6. The molecular formula is C12H11N3O2. The van der Waals surface area contributed by atoms with Crippen molar-refractivity contribution in [2.75, 3.05) is 0 Å². The predicted octanol–water partition coefficient (Wildman–Crippen LogP) is 0.212. The van der Waals surface area contributed by atoms with Crippen LogP contribution in [0.5, 0.6) is 0 Å². The summed E-state index contributed by atoms with van der Waals surface area (Å²) in [7, 11) is 0. The highest BCUT2D eigenvalue weighted by Gasteiger charge is 2.56. The quantitative estimate of drug-likeness (QED) is 0.702. The fraction of sp³-hybridized carbons (Fsp3) is 0.333. The van der Waals surface area contributed by atoms with Crippen molar-refractivity contribution in [2.45, 2.75) is 24.9 Å². The van der Waals surface area contributed by atoms with Crippen molar-refractivity contribution in [2.24, 2.45) is 0 Å². The summed E-state index contributed by atoms with van der Waals surface area (Å²) in [6.07, 6.45) is 0.823. The van der Waals surface area contributed by atoms with Gasteiger partial charge in [-0.15, -0.1) is 0 Å². The van der Waals surface area contributed by atoms with Crippen LogP contribution in [-0.4, -0.2) is 14.3 Å². The van der Waals surface area contributed by atoms with Crippen molar-refractivity contribution in [3.8, 4) is 0 Å². The third-order valence-corrected chi connectivity index (χ3v) is 4.19. The van der Waals surface area contributed by atoms with Crippen molar-refractivity contribution in [3.63, 3.8) is 0 Å². The van der Waals surface area contributed by atoms with Crippen molar-refractivity contribution in [1.29, 1.82) is 0 Å². The third kappa shape index (κ3) is 0.769. The fourth-order valence-corrected chi connectivity index (χ4v) is 3.41. The molecular weight excluding hydrogens is 218 g/mol. The number of hydrogen-bond acceptors (Lipinski definition) is 2. The summed E-state index contributed by atoms with van der Waals surface area (Å²) >= 11 is 0. The molecule has 17 heavy (non-hydrogen) atoms. The Morgan fingerprint density at radius 2 is 2.06 bits per heavy atom. The van der Waals surface area contributed by atoms with Gasteiger partial charge < -0.3 is 0 Å². The van der Waals surface area contributed by atoms with Crippen LogP contribution in [0.3, 0.4) is 0 Å². The lowest BCUT2D eigenvalue weighted by Crippen LogP contribution is -2.58. The molecule has 1 aliphatic carbocycles. The first-order valence-electron chi connectivity index (χ1n) is 5.67. The van der Waals surface area contributed by atoms with Gasteiger partial charge >= 0.3 is 11.4 Å². The lowest BCUT2D eigenvalue weighted by molar-refractivity contribution is 0.0753. The van der Waals surface area contributed by atoms with Crippen LogP contribution >= 0.6 is 0 Å². The Morgan fingerprint density at radius 1 is 1.29 bits per heavy atom. The lowest BCUT2D eigenvalue weighted by atomic mass is 9.87. The smallest absolute Gasteiger partial charge is 0.257 e. The minimum Gasteiger partial charge on any atom is -0.257 e. The minimum absolute atomic E-state index is 0.0753. The molecule has 1 aromatic heterocycles.